The van der Waals surface area contributed by atoms with Gasteiger partial charge in [-0.25, -0.2) is 9.59 Å². The summed E-state index contributed by atoms with van der Waals surface area (Å²) in [5, 5.41) is 14.8. The number of carboxylic acid groups (broad SMARTS) is 2. The molecule has 0 spiro atoms. The zero-order chi connectivity index (χ0) is 16.6. The summed E-state index contributed by atoms with van der Waals surface area (Å²) < 4.78 is 0. The van der Waals surface area contributed by atoms with Crippen LogP contribution in [0.15, 0.2) is 0 Å². The van der Waals surface area contributed by atoms with Crippen molar-refractivity contribution in [2.75, 3.05) is 37.0 Å². The maximum Gasteiger partial charge on any atom is 0.414 e. The first kappa shape index (κ1) is 29.5. The molecule has 0 rings (SSSR count). The Morgan fingerprint density at radius 1 is 0.619 bits per heavy atom. The molecule has 0 heterocycles. The zero-order valence-corrected chi connectivity index (χ0v) is 18.2. The zero-order valence-electron chi connectivity index (χ0n) is 14.2. The van der Waals surface area contributed by atoms with Crippen molar-refractivity contribution in [2.45, 2.75) is 41.5 Å². The SMILES string of the molecule is CCP(CC)CC.CCP(CC)CC.O=C(O)C(=O)O.[Pt]. The van der Waals surface area contributed by atoms with E-state index in [0.29, 0.717) is 15.8 Å². The molecule has 0 unspecified atom stereocenters. The standard InChI is InChI=1S/2C6H15P.C2H2O4.Pt/c2*1-4-7(5-2)6-3;3-1(4)2(5)6;/h2*4-6H2,1-3H3;(H,3,4)(H,5,6);. The number of aliphatic carboxylic acids is 2. The van der Waals surface area contributed by atoms with Gasteiger partial charge in [0.25, 0.3) is 0 Å². The van der Waals surface area contributed by atoms with E-state index in [2.05, 4.69) is 41.5 Å². The molecule has 7 heteroatoms. The van der Waals surface area contributed by atoms with Crippen molar-refractivity contribution in [3.05, 3.63) is 0 Å². The summed E-state index contributed by atoms with van der Waals surface area (Å²) in [6.07, 6.45) is 8.51. The third-order valence-corrected chi connectivity index (χ3v) is 8.23. The van der Waals surface area contributed by atoms with Gasteiger partial charge in [0.05, 0.1) is 0 Å². The predicted octanol–water partition coefficient (Wildman–Crippen LogP) is 4.21. The van der Waals surface area contributed by atoms with Gasteiger partial charge in [0.1, 0.15) is 0 Å². The third-order valence-electron chi connectivity index (χ3n) is 2.87. The second-order valence-corrected chi connectivity index (χ2v) is 10.3. The molecule has 0 aliphatic heterocycles. The van der Waals surface area contributed by atoms with Crippen molar-refractivity contribution in [2.24, 2.45) is 0 Å². The van der Waals surface area contributed by atoms with E-state index in [4.69, 9.17) is 19.8 Å². The largest absolute Gasteiger partial charge is 0.473 e. The Morgan fingerprint density at radius 3 is 0.762 bits per heavy atom. The van der Waals surface area contributed by atoms with Crippen LogP contribution in [0.2, 0.25) is 0 Å². The number of hydrogen-bond acceptors (Lipinski definition) is 2. The summed E-state index contributed by atoms with van der Waals surface area (Å²) in [6, 6.07) is 0. The molecule has 0 aromatic heterocycles. The van der Waals surface area contributed by atoms with E-state index in [0.717, 1.165) is 0 Å². The van der Waals surface area contributed by atoms with Crippen LogP contribution in [0.4, 0.5) is 0 Å². The molecule has 0 aromatic rings. The van der Waals surface area contributed by atoms with Crippen molar-refractivity contribution >= 4 is 27.8 Å². The fourth-order valence-corrected chi connectivity index (χ4v) is 4.02. The first-order valence-corrected chi connectivity index (χ1v) is 11.0. The van der Waals surface area contributed by atoms with E-state index in [9.17, 15) is 0 Å². The van der Waals surface area contributed by atoms with Crippen molar-refractivity contribution in [1.82, 2.24) is 0 Å². The van der Waals surface area contributed by atoms with Crippen LogP contribution in [-0.4, -0.2) is 59.1 Å². The Labute approximate surface area is 147 Å². The van der Waals surface area contributed by atoms with Crippen LogP contribution in [0.1, 0.15) is 41.5 Å². The average Bonchev–Trinajstić information content (AvgIpc) is 2.44. The van der Waals surface area contributed by atoms with Crippen molar-refractivity contribution in [3.63, 3.8) is 0 Å². The fraction of sp³-hybridized carbons (Fsp3) is 0.857. The van der Waals surface area contributed by atoms with Crippen LogP contribution < -0.4 is 0 Å². The molecule has 0 radical (unpaired) electrons. The minimum Gasteiger partial charge on any atom is -0.473 e. The molecular formula is C14H32O4P2Pt. The van der Waals surface area contributed by atoms with Gasteiger partial charge in [0.2, 0.25) is 0 Å². The first-order valence-electron chi connectivity index (χ1n) is 7.25. The van der Waals surface area contributed by atoms with Crippen molar-refractivity contribution < 1.29 is 40.9 Å². The molecule has 0 aliphatic carbocycles. The second-order valence-electron chi connectivity index (χ2n) is 3.85. The Balaban J connectivity index is -0.000000101. The second kappa shape index (κ2) is 22.8. The van der Waals surface area contributed by atoms with Gasteiger partial charge < -0.3 is 10.2 Å². The van der Waals surface area contributed by atoms with Crippen LogP contribution >= 0.6 is 15.8 Å². The third kappa shape index (κ3) is 25.8. The summed E-state index contributed by atoms with van der Waals surface area (Å²) in [6.45, 7) is 13.7. The minimum absolute atomic E-state index is 0. The van der Waals surface area contributed by atoms with E-state index in [-0.39, 0.29) is 21.1 Å². The quantitative estimate of drug-likeness (QED) is 0.406. The molecule has 0 fully saturated rings. The topological polar surface area (TPSA) is 74.6 Å². The first-order chi connectivity index (χ1) is 9.33. The number of rotatable bonds is 6. The molecule has 0 amide bonds. The summed E-state index contributed by atoms with van der Waals surface area (Å²) in [5.41, 5.74) is 0. The van der Waals surface area contributed by atoms with Crippen molar-refractivity contribution in [3.8, 4) is 0 Å². The van der Waals surface area contributed by atoms with Gasteiger partial charge in [-0.3, -0.25) is 0 Å². The van der Waals surface area contributed by atoms with Gasteiger partial charge in [0, 0.05) is 21.1 Å². The molecule has 21 heavy (non-hydrogen) atoms. The van der Waals surface area contributed by atoms with E-state index < -0.39 is 11.9 Å². The smallest absolute Gasteiger partial charge is 0.414 e. The Hall–Kier alpha value is 0.488. The molecular weight excluding hydrogens is 489 g/mol. The molecule has 0 atom stereocenters. The number of carbonyl (C=O) groups is 2. The summed E-state index contributed by atoms with van der Waals surface area (Å²) >= 11 is 0. The molecule has 2 N–H and O–H groups in total. The molecule has 4 nitrogen and oxygen atoms in total. The molecule has 0 aliphatic rings. The Bertz CT molecular complexity index is 198. The summed E-state index contributed by atoms with van der Waals surface area (Å²) in [7, 11) is 0.892. The van der Waals surface area contributed by atoms with E-state index in [1.807, 2.05) is 0 Å². The van der Waals surface area contributed by atoms with Gasteiger partial charge in [-0.05, 0) is 37.0 Å². The monoisotopic (exact) mass is 521 g/mol. The van der Waals surface area contributed by atoms with E-state index >= 15 is 0 Å². The normalized spacial score (nSPS) is 8.95. The molecule has 0 aromatic carbocycles. The van der Waals surface area contributed by atoms with Crippen LogP contribution in [0.25, 0.3) is 0 Å². The van der Waals surface area contributed by atoms with Gasteiger partial charge in [0.15, 0.2) is 0 Å². The van der Waals surface area contributed by atoms with Gasteiger partial charge in [-0.15, -0.1) is 15.8 Å². The molecule has 0 bridgehead atoms. The number of carboxylic acids is 2. The van der Waals surface area contributed by atoms with Gasteiger partial charge >= 0.3 is 11.9 Å². The number of hydrogen-bond donors (Lipinski definition) is 2. The molecule has 0 saturated heterocycles. The Kier molecular flexibility index (Phi) is 32.0. The van der Waals surface area contributed by atoms with Crippen LogP contribution in [0.3, 0.4) is 0 Å². The maximum absolute atomic E-state index is 9.10. The minimum atomic E-state index is -1.82. The van der Waals surface area contributed by atoms with Gasteiger partial charge in [-0.1, -0.05) is 41.5 Å². The summed E-state index contributed by atoms with van der Waals surface area (Å²) in [4.78, 5) is 18.2. The predicted molar refractivity (Wildman–Crippen MR) is 92.4 cm³/mol. The van der Waals surface area contributed by atoms with E-state index in [1.54, 1.807) is 0 Å². The maximum atomic E-state index is 9.10. The van der Waals surface area contributed by atoms with Crippen molar-refractivity contribution in [1.29, 1.82) is 0 Å². The average molecular weight is 521 g/mol. The molecule has 132 valence electrons. The van der Waals surface area contributed by atoms with Gasteiger partial charge in [-0.2, -0.15) is 0 Å². The summed E-state index contributed by atoms with van der Waals surface area (Å²) in [5.74, 6) is -3.65. The van der Waals surface area contributed by atoms with Crippen LogP contribution in [0, 0.1) is 0 Å². The van der Waals surface area contributed by atoms with Crippen LogP contribution in [0.5, 0.6) is 0 Å². The fourth-order valence-electron chi connectivity index (χ4n) is 1.34. The van der Waals surface area contributed by atoms with Crippen LogP contribution in [-0.2, 0) is 30.7 Å². The van der Waals surface area contributed by atoms with E-state index in [1.165, 1.54) is 37.0 Å². The Morgan fingerprint density at radius 2 is 0.762 bits per heavy atom. The molecule has 0 saturated carbocycles.